The normalized spacial score (nSPS) is 15.8. The molecular weight excluding hydrogens is 628 g/mol. The van der Waals surface area contributed by atoms with Crippen molar-refractivity contribution in [2.24, 2.45) is 0 Å². The first-order chi connectivity index (χ1) is 23.3. The van der Waals surface area contributed by atoms with Crippen molar-refractivity contribution in [3.05, 3.63) is 81.1 Å². The lowest BCUT2D eigenvalue weighted by molar-refractivity contribution is -0.133. The molecule has 3 aromatic carbocycles. The van der Waals surface area contributed by atoms with Crippen molar-refractivity contribution in [2.75, 3.05) is 45.2 Å². The number of aromatic nitrogens is 1. The van der Waals surface area contributed by atoms with Crippen LogP contribution in [0.3, 0.4) is 0 Å². The van der Waals surface area contributed by atoms with Crippen LogP contribution >= 0.6 is 11.8 Å². The molecule has 0 radical (unpaired) electrons. The number of hydrogen-bond donors (Lipinski definition) is 3. The number of fused-ring (bicyclic) bond motifs is 6. The van der Waals surface area contributed by atoms with Crippen LogP contribution in [0.5, 0.6) is 17.2 Å². The molecule has 2 unspecified atom stereocenters. The number of anilines is 1. The van der Waals surface area contributed by atoms with Gasteiger partial charge in [0.05, 0.1) is 33.1 Å². The molecule has 48 heavy (non-hydrogen) atoms. The Morgan fingerprint density at radius 2 is 1.83 bits per heavy atom. The predicted molar refractivity (Wildman–Crippen MR) is 191 cm³/mol. The SMILES string of the molecule is COc1cc2c(c(OC)c1OC)-c1ccc(NC(CCSC)C(=O)N3CCc4[nH]c5ccccc5c4C3)c(=O)cc1C(NC(C)=O)CC2. The van der Waals surface area contributed by atoms with Crippen LogP contribution in [0.4, 0.5) is 5.69 Å². The van der Waals surface area contributed by atoms with Crippen molar-refractivity contribution >= 4 is 40.2 Å². The zero-order valence-electron chi connectivity index (χ0n) is 28.0. The molecule has 1 aliphatic carbocycles. The van der Waals surface area contributed by atoms with E-state index in [9.17, 15) is 14.4 Å². The van der Waals surface area contributed by atoms with Gasteiger partial charge in [0.15, 0.2) is 11.5 Å². The number of nitrogens with zero attached hydrogens (tertiary/aromatic N) is 1. The first-order valence-electron chi connectivity index (χ1n) is 16.2. The number of ether oxygens (including phenoxy) is 3. The third kappa shape index (κ3) is 6.31. The van der Waals surface area contributed by atoms with Crippen molar-refractivity contribution < 1.29 is 23.8 Å². The van der Waals surface area contributed by atoms with Gasteiger partial charge in [-0.3, -0.25) is 14.4 Å². The maximum Gasteiger partial charge on any atom is 0.245 e. The van der Waals surface area contributed by atoms with Crippen molar-refractivity contribution in [3.63, 3.8) is 0 Å². The number of rotatable bonds is 10. The van der Waals surface area contributed by atoms with Crippen LogP contribution in [0.25, 0.3) is 22.0 Å². The van der Waals surface area contributed by atoms with Crippen LogP contribution in [0.2, 0.25) is 0 Å². The van der Waals surface area contributed by atoms with Gasteiger partial charge in [0, 0.05) is 54.2 Å². The maximum atomic E-state index is 14.2. The molecule has 3 N–H and O–H groups in total. The number of aryl methyl sites for hydroxylation is 1. The Bertz CT molecular complexity index is 1920. The standard InChI is InChI=1S/C37H42N4O6S/c1-21(42)38-28-12-10-22-18-33(45-2)35(46-3)36(47-4)34(22)24-11-13-30(32(43)19-25(24)28)40-31(15-17-48-5)37(44)41-16-14-29-26(20-41)23-8-6-7-9-27(23)39-29/h6-9,11,13,18-19,28,31,39H,10,12,14-17,20H2,1-5H3,(H,38,42)(H,40,43). The molecule has 0 spiro atoms. The highest BCUT2D eigenvalue weighted by molar-refractivity contribution is 7.98. The molecule has 2 amide bonds. The van der Waals surface area contributed by atoms with E-state index in [0.29, 0.717) is 60.9 Å². The first-order valence-corrected chi connectivity index (χ1v) is 17.6. The molecule has 6 rings (SSSR count). The summed E-state index contributed by atoms with van der Waals surface area (Å²) in [5.74, 6) is 1.98. The molecule has 0 saturated carbocycles. The second kappa shape index (κ2) is 14.2. The first kappa shape index (κ1) is 33.3. The third-order valence-corrected chi connectivity index (χ3v) is 9.99. The van der Waals surface area contributed by atoms with Crippen molar-refractivity contribution in [2.45, 2.75) is 51.2 Å². The number of amides is 2. The molecule has 0 saturated heterocycles. The molecule has 252 valence electrons. The van der Waals surface area contributed by atoms with E-state index in [1.54, 1.807) is 45.2 Å². The van der Waals surface area contributed by atoms with Gasteiger partial charge in [0.25, 0.3) is 0 Å². The lowest BCUT2D eigenvalue weighted by Gasteiger charge is -2.31. The fourth-order valence-electron chi connectivity index (χ4n) is 7.08. The van der Waals surface area contributed by atoms with Crippen molar-refractivity contribution in [3.8, 4) is 28.4 Å². The van der Waals surface area contributed by atoms with E-state index in [1.165, 1.54) is 12.6 Å². The number of hydrogen-bond acceptors (Lipinski definition) is 8. The Labute approximate surface area is 284 Å². The number of aromatic amines is 1. The summed E-state index contributed by atoms with van der Waals surface area (Å²) in [5, 5.41) is 7.54. The molecule has 2 atom stereocenters. The second-order valence-corrected chi connectivity index (χ2v) is 13.2. The number of methoxy groups -OCH3 is 3. The van der Waals surface area contributed by atoms with Crippen LogP contribution in [-0.4, -0.2) is 67.6 Å². The van der Waals surface area contributed by atoms with Gasteiger partial charge in [-0.05, 0) is 72.2 Å². The van der Waals surface area contributed by atoms with Gasteiger partial charge >= 0.3 is 0 Å². The lowest BCUT2D eigenvalue weighted by atomic mass is 9.95. The Morgan fingerprint density at radius 3 is 2.56 bits per heavy atom. The Hall–Kier alpha value is -4.64. The fraction of sp³-hybridized carbons (Fsp3) is 0.378. The number of H-pyrrole nitrogens is 1. The average Bonchev–Trinajstić information content (AvgIpc) is 3.31. The summed E-state index contributed by atoms with van der Waals surface area (Å²) < 4.78 is 17.3. The second-order valence-electron chi connectivity index (χ2n) is 12.2. The largest absolute Gasteiger partial charge is 0.493 e. The number of thioether (sulfide) groups is 1. The van der Waals surface area contributed by atoms with Gasteiger partial charge in [-0.1, -0.05) is 24.3 Å². The lowest BCUT2D eigenvalue weighted by Crippen LogP contribution is -2.45. The summed E-state index contributed by atoms with van der Waals surface area (Å²) in [6, 6.07) is 14.3. The third-order valence-electron chi connectivity index (χ3n) is 9.35. The smallest absolute Gasteiger partial charge is 0.245 e. The molecule has 11 heteroatoms. The fourth-order valence-corrected chi connectivity index (χ4v) is 7.55. The topological polar surface area (TPSA) is 122 Å². The number of nitrogens with one attached hydrogen (secondary N) is 3. The summed E-state index contributed by atoms with van der Waals surface area (Å²) in [5.41, 5.74) is 6.57. The van der Waals surface area contributed by atoms with E-state index in [4.69, 9.17) is 14.2 Å². The molecule has 10 nitrogen and oxygen atoms in total. The van der Waals surface area contributed by atoms with Gasteiger partial charge < -0.3 is 34.7 Å². The van der Waals surface area contributed by atoms with E-state index < -0.39 is 12.1 Å². The number of carbonyl (C=O) groups is 2. The molecule has 2 aliphatic rings. The summed E-state index contributed by atoms with van der Waals surface area (Å²) in [6.07, 6.45) is 4.47. The summed E-state index contributed by atoms with van der Waals surface area (Å²) in [6.45, 7) is 2.58. The quantitative estimate of drug-likeness (QED) is 0.203. The maximum absolute atomic E-state index is 14.2. The summed E-state index contributed by atoms with van der Waals surface area (Å²) in [7, 11) is 4.71. The molecule has 1 aromatic heterocycles. The molecule has 0 fully saturated rings. The average molecular weight is 671 g/mol. The van der Waals surface area contributed by atoms with Crippen LogP contribution in [0.15, 0.2) is 53.3 Å². The molecule has 4 aromatic rings. The minimum atomic E-state index is -0.601. The van der Waals surface area contributed by atoms with E-state index in [1.807, 2.05) is 35.4 Å². The highest BCUT2D eigenvalue weighted by Crippen LogP contribution is 2.50. The Morgan fingerprint density at radius 1 is 1.04 bits per heavy atom. The van der Waals surface area contributed by atoms with Crippen molar-refractivity contribution in [1.82, 2.24) is 15.2 Å². The Kier molecular flexibility index (Phi) is 9.86. The summed E-state index contributed by atoms with van der Waals surface area (Å²) in [4.78, 5) is 46.0. The Balaban J connectivity index is 1.40. The van der Waals surface area contributed by atoms with E-state index in [0.717, 1.165) is 45.3 Å². The van der Waals surface area contributed by atoms with Crippen molar-refractivity contribution in [1.29, 1.82) is 0 Å². The molecule has 2 heterocycles. The molecular formula is C37H42N4O6S. The van der Waals surface area contributed by atoms with Crippen LogP contribution in [0.1, 0.15) is 48.2 Å². The van der Waals surface area contributed by atoms with Gasteiger partial charge in [-0.15, -0.1) is 0 Å². The molecule has 0 bridgehead atoms. The number of para-hydroxylation sites is 1. The minimum Gasteiger partial charge on any atom is -0.493 e. The number of carbonyl (C=O) groups excluding carboxylic acids is 2. The van der Waals surface area contributed by atoms with Gasteiger partial charge in [-0.25, -0.2) is 0 Å². The van der Waals surface area contributed by atoms with Gasteiger partial charge in [0.1, 0.15) is 6.04 Å². The predicted octanol–water partition coefficient (Wildman–Crippen LogP) is 5.46. The van der Waals surface area contributed by atoms with E-state index >= 15 is 0 Å². The summed E-state index contributed by atoms with van der Waals surface area (Å²) >= 11 is 1.66. The van der Waals surface area contributed by atoms with Crippen LogP contribution < -0.4 is 30.3 Å². The minimum absolute atomic E-state index is 0.0348. The number of benzene rings is 2. The van der Waals surface area contributed by atoms with Gasteiger partial charge in [-0.2, -0.15) is 11.8 Å². The van der Waals surface area contributed by atoms with Crippen LogP contribution in [0, 0.1) is 0 Å². The highest BCUT2D eigenvalue weighted by atomic mass is 32.2. The van der Waals surface area contributed by atoms with E-state index in [2.05, 4.69) is 27.8 Å². The zero-order chi connectivity index (χ0) is 33.9. The highest BCUT2D eigenvalue weighted by Gasteiger charge is 2.32. The zero-order valence-corrected chi connectivity index (χ0v) is 28.8. The van der Waals surface area contributed by atoms with Gasteiger partial charge in [0.2, 0.25) is 23.0 Å². The van der Waals surface area contributed by atoms with E-state index in [-0.39, 0.29) is 17.2 Å². The molecule has 1 aliphatic heterocycles. The monoisotopic (exact) mass is 670 g/mol. The van der Waals surface area contributed by atoms with Crippen LogP contribution in [-0.2, 0) is 29.0 Å².